The van der Waals surface area contributed by atoms with Gasteiger partial charge in [-0.2, -0.15) is 0 Å². The zero-order valence-electron chi connectivity index (χ0n) is 12.9. The molecule has 6 heteroatoms. The molecule has 0 heterocycles. The van der Waals surface area contributed by atoms with Crippen LogP contribution in [0.4, 0.5) is 0 Å². The van der Waals surface area contributed by atoms with Gasteiger partial charge in [0.25, 0.3) is 0 Å². The van der Waals surface area contributed by atoms with Crippen molar-refractivity contribution in [2.24, 2.45) is 0 Å². The molecule has 0 spiro atoms. The fourth-order valence-corrected chi connectivity index (χ4v) is 3.27. The molecule has 0 aliphatic carbocycles. The van der Waals surface area contributed by atoms with E-state index in [4.69, 9.17) is 4.74 Å². The molecule has 2 aromatic carbocycles. The van der Waals surface area contributed by atoms with Crippen LogP contribution in [0.25, 0.3) is 11.1 Å². The summed E-state index contributed by atoms with van der Waals surface area (Å²) in [7, 11) is -4.40. The van der Waals surface area contributed by atoms with Crippen molar-refractivity contribution in [3.8, 4) is 16.9 Å². The molecule has 23 heavy (non-hydrogen) atoms. The van der Waals surface area contributed by atoms with Crippen LogP contribution in [0.5, 0.6) is 5.75 Å². The first kappa shape index (κ1) is 18.2. The minimum absolute atomic E-state index is 0.0596. The van der Waals surface area contributed by atoms with E-state index in [1.165, 1.54) is 6.07 Å². The standard InChI is InChI=1S/C17H20BrO4P/c1-2-3-10-22-16-9-8-15(11-17(16)23(19,20)21)14-6-4-13(12-18)5-7-14/h4-9,11H,2-3,10,12H2,1H3,(H2,19,20,21). The number of ether oxygens (including phenoxy) is 1. The van der Waals surface area contributed by atoms with Gasteiger partial charge in [-0.15, -0.1) is 0 Å². The third-order valence-electron chi connectivity index (χ3n) is 3.47. The number of rotatable bonds is 7. The molecule has 0 bridgehead atoms. The summed E-state index contributed by atoms with van der Waals surface area (Å²) in [6.45, 7) is 2.48. The highest BCUT2D eigenvalue weighted by molar-refractivity contribution is 9.08. The Bertz CT molecular complexity index is 694. The number of alkyl halides is 1. The Balaban J connectivity index is 2.36. The first-order chi connectivity index (χ1) is 11.0. The summed E-state index contributed by atoms with van der Waals surface area (Å²) in [4.78, 5) is 19.2. The van der Waals surface area contributed by atoms with Crippen molar-refractivity contribution >= 4 is 28.8 Å². The van der Waals surface area contributed by atoms with Crippen molar-refractivity contribution in [1.82, 2.24) is 0 Å². The molecule has 4 nitrogen and oxygen atoms in total. The molecule has 0 saturated heterocycles. The Morgan fingerprint density at radius 1 is 1.09 bits per heavy atom. The summed E-state index contributed by atoms with van der Waals surface area (Å²) in [6.07, 6.45) is 1.81. The smallest absolute Gasteiger partial charge is 0.359 e. The Kier molecular flexibility index (Phi) is 6.42. The summed E-state index contributed by atoms with van der Waals surface area (Å²) < 4.78 is 17.3. The van der Waals surface area contributed by atoms with Crippen LogP contribution in [0.15, 0.2) is 42.5 Å². The van der Waals surface area contributed by atoms with Crippen LogP contribution >= 0.6 is 23.5 Å². The lowest BCUT2D eigenvalue weighted by atomic mass is 10.0. The van der Waals surface area contributed by atoms with Crippen LogP contribution < -0.4 is 10.0 Å². The maximum absolute atomic E-state index is 11.8. The summed E-state index contributed by atoms with van der Waals surface area (Å²) in [5.74, 6) is 0.257. The van der Waals surface area contributed by atoms with E-state index >= 15 is 0 Å². The van der Waals surface area contributed by atoms with Gasteiger partial charge in [0.1, 0.15) is 11.1 Å². The second-order valence-corrected chi connectivity index (χ2v) is 7.39. The van der Waals surface area contributed by atoms with Crippen LogP contribution in [-0.2, 0) is 9.90 Å². The second kappa shape index (κ2) is 8.11. The van der Waals surface area contributed by atoms with E-state index in [1.54, 1.807) is 6.07 Å². The summed E-state index contributed by atoms with van der Waals surface area (Å²) >= 11 is 3.40. The average molecular weight is 399 g/mol. The topological polar surface area (TPSA) is 66.8 Å². The Morgan fingerprint density at radius 2 is 1.74 bits per heavy atom. The Morgan fingerprint density at radius 3 is 2.30 bits per heavy atom. The number of unbranched alkanes of at least 4 members (excludes halogenated alkanes) is 1. The first-order valence-corrected chi connectivity index (χ1v) is 10.2. The highest BCUT2D eigenvalue weighted by atomic mass is 79.9. The molecular weight excluding hydrogens is 379 g/mol. The van der Waals surface area contributed by atoms with E-state index < -0.39 is 7.60 Å². The van der Waals surface area contributed by atoms with Crippen molar-refractivity contribution in [2.75, 3.05) is 6.61 Å². The van der Waals surface area contributed by atoms with Crippen molar-refractivity contribution in [3.63, 3.8) is 0 Å². The molecule has 2 rings (SSSR count). The summed E-state index contributed by atoms with van der Waals surface area (Å²) in [5.41, 5.74) is 2.81. The first-order valence-electron chi connectivity index (χ1n) is 7.44. The maximum atomic E-state index is 11.8. The molecule has 0 aromatic heterocycles. The largest absolute Gasteiger partial charge is 0.493 e. The molecule has 0 aliphatic rings. The molecule has 0 saturated carbocycles. The maximum Gasteiger partial charge on any atom is 0.359 e. The average Bonchev–Trinajstić information content (AvgIpc) is 2.54. The minimum atomic E-state index is -4.40. The van der Waals surface area contributed by atoms with Gasteiger partial charge in [-0.05, 0) is 35.2 Å². The Labute approximate surface area is 144 Å². The molecular formula is C17H20BrO4P. The molecule has 0 aliphatic heterocycles. The van der Waals surface area contributed by atoms with E-state index in [9.17, 15) is 14.4 Å². The monoisotopic (exact) mass is 398 g/mol. The quantitative estimate of drug-likeness (QED) is 0.416. The predicted molar refractivity (Wildman–Crippen MR) is 96.6 cm³/mol. The van der Waals surface area contributed by atoms with E-state index in [0.717, 1.165) is 34.9 Å². The minimum Gasteiger partial charge on any atom is -0.493 e. The molecule has 0 amide bonds. The van der Waals surface area contributed by atoms with Gasteiger partial charge < -0.3 is 14.5 Å². The molecule has 0 fully saturated rings. The van der Waals surface area contributed by atoms with Gasteiger partial charge in [0.15, 0.2) is 0 Å². The zero-order valence-corrected chi connectivity index (χ0v) is 15.4. The molecule has 0 unspecified atom stereocenters. The van der Waals surface area contributed by atoms with Gasteiger partial charge in [-0.25, -0.2) is 0 Å². The second-order valence-electron chi connectivity index (χ2n) is 5.26. The molecule has 124 valence electrons. The van der Waals surface area contributed by atoms with Crippen molar-refractivity contribution in [1.29, 1.82) is 0 Å². The van der Waals surface area contributed by atoms with Crippen LogP contribution in [0.3, 0.4) is 0 Å². The van der Waals surface area contributed by atoms with Crippen LogP contribution in [0, 0.1) is 0 Å². The van der Waals surface area contributed by atoms with Gasteiger partial charge >= 0.3 is 7.60 Å². The number of halogens is 1. The lowest BCUT2D eigenvalue weighted by Crippen LogP contribution is -2.11. The van der Waals surface area contributed by atoms with E-state index in [1.807, 2.05) is 37.3 Å². The van der Waals surface area contributed by atoms with Crippen LogP contribution in [-0.4, -0.2) is 16.4 Å². The summed E-state index contributed by atoms with van der Waals surface area (Å²) in [6, 6.07) is 12.8. The number of hydrogen-bond acceptors (Lipinski definition) is 2. The lowest BCUT2D eigenvalue weighted by molar-refractivity contribution is 0.309. The molecule has 0 radical (unpaired) electrons. The van der Waals surface area contributed by atoms with Gasteiger partial charge in [-0.1, -0.05) is 59.6 Å². The third-order valence-corrected chi connectivity index (χ3v) is 5.09. The fourth-order valence-electron chi connectivity index (χ4n) is 2.16. The van der Waals surface area contributed by atoms with Gasteiger partial charge in [0, 0.05) is 5.33 Å². The fraction of sp³-hybridized carbons (Fsp3) is 0.294. The van der Waals surface area contributed by atoms with E-state index in [2.05, 4.69) is 15.9 Å². The number of hydrogen-bond donors (Lipinski definition) is 2. The summed E-state index contributed by atoms with van der Waals surface area (Å²) in [5, 5.41) is 0.710. The molecule has 2 aromatic rings. The van der Waals surface area contributed by atoms with E-state index in [0.29, 0.717) is 6.61 Å². The van der Waals surface area contributed by atoms with E-state index in [-0.39, 0.29) is 11.1 Å². The predicted octanol–water partition coefficient (Wildman–Crippen LogP) is 4.23. The molecule has 2 N–H and O–H groups in total. The molecule has 0 atom stereocenters. The lowest BCUT2D eigenvalue weighted by Gasteiger charge is -2.14. The van der Waals surface area contributed by atoms with Crippen molar-refractivity contribution in [2.45, 2.75) is 25.1 Å². The normalized spacial score (nSPS) is 11.5. The van der Waals surface area contributed by atoms with Crippen molar-refractivity contribution in [3.05, 3.63) is 48.0 Å². The van der Waals surface area contributed by atoms with Gasteiger partial charge in [0.2, 0.25) is 0 Å². The number of benzene rings is 2. The third kappa shape index (κ3) is 4.92. The highest BCUT2D eigenvalue weighted by Gasteiger charge is 2.23. The highest BCUT2D eigenvalue weighted by Crippen LogP contribution is 2.39. The van der Waals surface area contributed by atoms with Gasteiger partial charge in [-0.3, -0.25) is 4.57 Å². The van der Waals surface area contributed by atoms with Crippen molar-refractivity contribution < 1.29 is 19.1 Å². The van der Waals surface area contributed by atoms with Crippen LogP contribution in [0.2, 0.25) is 0 Å². The Hall–Kier alpha value is -1.13. The zero-order chi connectivity index (χ0) is 16.9. The van der Waals surface area contributed by atoms with Gasteiger partial charge in [0.05, 0.1) is 6.61 Å². The van der Waals surface area contributed by atoms with Crippen LogP contribution in [0.1, 0.15) is 25.3 Å². The SMILES string of the molecule is CCCCOc1ccc(-c2ccc(CBr)cc2)cc1P(=O)(O)O.